The molecule has 0 spiro atoms. The average molecular weight is 212 g/mol. The highest BCUT2D eigenvalue weighted by Gasteiger charge is 2.58. The Bertz CT molecular complexity index is 322. The smallest absolute Gasteiger partial charge is 0.234 e. The number of imide groups is 1. The Hall–Kier alpha value is -0.830. The van der Waals surface area contributed by atoms with Crippen molar-refractivity contribution in [1.82, 2.24) is 4.90 Å². The van der Waals surface area contributed by atoms with Gasteiger partial charge in [-0.1, -0.05) is 12.2 Å². The number of carbonyl (C=O) groups is 2. The first-order valence-corrected chi connectivity index (χ1v) is 5.37. The van der Waals surface area contributed by atoms with Crippen molar-refractivity contribution >= 4 is 23.4 Å². The van der Waals surface area contributed by atoms with Crippen LogP contribution in [0.4, 0.5) is 0 Å². The van der Waals surface area contributed by atoms with Crippen LogP contribution < -0.4 is 0 Å². The van der Waals surface area contributed by atoms with Gasteiger partial charge in [0, 0.05) is 0 Å². The van der Waals surface area contributed by atoms with Crippen LogP contribution >= 0.6 is 11.6 Å². The van der Waals surface area contributed by atoms with Gasteiger partial charge >= 0.3 is 0 Å². The summed E-state index contributed by atoms with van der Waals surface area (Å²) in [6.07, 6.45) is 5.13. The van der Waals surface area contributed by atoms with E-state index in [0.29, 0.717) is 0 Å². The fraction of sp³-hybridized carbons (Fsp3) is 0.600. The molecule has 1 saturated carbocycles. The molecular weight excluding hydrogens is 202 g/mol. The Morgan fingerprint density at radius 1 is 1.21 bits per heavy atom. The number of nitrogens with zero attached hydrogens (tertiary/aromatic N) is 1. The van der Waals surface area contributed by atoms with E-state index in [4.69, 9.17) is 11.6 Å². The van der Waals surface area contributed by atoms with Crippen molar-refractivity contribution in [2.75, 3.05) is 6.00 Å². The summed E-state index contributed by atoms with van der Waals surface area (Å²) in [5.74, 6) is 0.246. The molecule has 0 aromatic heterocycles. The molecule has 3 rings (SSSR count). The van der Waals surface area contributed by atoms with Crippen molar-refractivity contribution in [3.8, 4) is 0 Å². The molecule has 3 nitrogen and oxygen atoms in total. The second-order valence-electron chi connectivity index (χ2n) is 4.22. The van der Waals surface area contributed by atoms with E-state index in [2.05, 4.69) is 12.2 Å². The normalized spacial score (nSPS) is 43.9. The van der Waals surface area contributed by atoms with Gasteiger partial charge in [-0.3, -0.25) is 14.5 Å². The van der Waals surface area contributed by atoms with Gasteiger partial charge in [-0.05, 0) is 18.3 Å². The quantitative estimate of drug-likeness (QED) is 0.281. The number of likely N-dealkylation sites (tertiary alicyclic amines) is 1. The minimum Gasteiger partial charge on any atom is -0.274 e. The number of fused-ring (bicyclic) bond motifs is 5. The topological polar surface area (TPSA) is 37.4 Å². The summed E-state index contributed by atoms with van der Waals surface area (Å²) < 4.78 is 0. The van der Waals surface area contributed by atoms with Gasteiger partial charge in [-0.15, -0.1) is 11.6 Å². The molecule has 1 saturated heterocycles. The number of hydrogen-bond donors (Lipinski definition) is 0. The molecule has 2 bridgehead atoms. The van der Waals surface area contributed by atoms with Crippen LogP contribution in [0, 0.1) is 23.7 Å². The maximum Gasteiger partial charge on any atom is 0.234 e. The van der Waals surface area contributed by atoms with Gasteiger partial charge in [0.2, 0.25) is 11.8 Å². The zero-order valence-corrected chi connectivity index (χ0v) is 8.28. The number of amides is 2. The zero-order valence-electron chi connectivity index (χ0n) is 7.52. The van der Waals surface area contributed by atoms with Gasteiger partial charge in [0.25, 0.3) is 0 Å². The first-order chi connectivity index (χ1) is 6.74. The molecule has 1 aliphatic heterocycles. The van der Waals surface area contributed by atoms with E-state index in [1.165, 1.54) is 4.90 Å². The molecule has 2 fully saturated rings. The summed E-state index contributed by atoms with van der Waals surface area (Å²) in [6, 6.07) is 0.00407. The molecular formula is C10H10ClNO2. The lowest BCUT2D eigenvalue weighted by Gasteiger charge is -2.14. The van der Waals surface area contributed by atoms with Crippen LogP contribution in [0.25, 0.3) is 0 Å². The molecule has 1 heterocycles. The average Bonchev–Trinajstić information content (AvgIpc) is 2.80. The number of carbonyl (C=O) groups excluding carboxylic acids is 2. The minimum atomic E-state index is -0.101. The Kier molecular flexibility index (Phi) is 1.57. The Morgan fingerprint density at radius 3 is 2.14 bits per heavy atom. The van der Waals surface area contributed by atoms with Crippen LogP contribution in [0.3, 0.4) is 0 Å². The third-order valence-corrected chi connectivity index (χ3v) is 3.92. The van der Waals surface area contributed by atoms with Crippen molar-refractivity contribution in [3.05, 3.63) is 12.2 Å². The molecule has 4 heteroatoms. The predicted molar refractivity (Wildman–Crippen MR) is 50.3 cm³/mol. The van der Waals surface area contributed by atoms with E-state index in [1.807, 2.05) is 0 Å². The van der Waals surface area contributed by atoms with E-state index < -0.39 is 0 Å². The summed E-state index contributed by atoms with van der Waals surface area (Å²) in [5, 5.41) is 0. The lowest BCUT2D eigenvalue weighted by atomic mass is 9.85. The highest BCUT2D eigenvalue weighted by atomic mass is 35.5. The maximum absolute atomic E-state index is 11.8. The van der Waals surface area contributed by atoms with Crippen molar-refractivity contribution in [2.45, 2.75) is 6.42 Å². The molecule has 0 aromatic carbocycles. The van der Waals surface area contributed by atoms with Gasteiger partial charge < -0.3 is 0 Å². The summed E-state index contributed by atoms with van der Waals surface area (Å²) in [6.45, 7) is 0. The van der Waals surface area contributed by atoms with Gasteiger partial charge in [-0.25, -0.2) is 0 Å². The molecule has 4 unspecified atom stereocenters. The Balaban J connectivity index is 2.02. The van der Waals surface area contributed by atoms with E-state index in [9.17, 15) is 9.59 Å². The summed E-state index contributed by atoms with van der Waals surface area (Å²) >= 11 is 5.59. The van der Waals surface area contributed by atoms with Crippen LogP contribution in [-0.4, -0.2) is 22.7 Å². The number of hydrogen-bond acceptors (Lipinski definition) is 2. The van der Waals surface area contributed by atoms with Crippen LogP contribution in [0.1, 0.15) is 6.42 Å². The van der Waals surface area contributed by atoms with Crippen LogP contribution in [0.2, 0.25) is 0 Å². The monoisotopic (exact) mass is 211 g/mol. The molecule has 3 aliphatic rings. The number of halogens is 1. The van der Waals surface area contributed by atoms with E-state index >= 15 is 0 Å². The van der Waals surface area contributed by atoms with Gasteiger partial charge in [0.1, 0.15) is 6.00 Å². The molecule has 0 radical (unpaired) electrons. The van der Waals surface area contributed by atoms with Crippen LogP contribution in [-0.2, 0) is 9.59 Å². The summed E-state index contributed by atoms with van der Waals surface area (Å²) in [4.78, 5) is 24.8. The second-order valence-corrected chi connectivity index (χ2v) is 4.46. The van der Waals surface area contributed by atoms with E-state index in [1.54, 1.807) is 0 Å². The first-order valence-electron chi connectivity index (χ1n) is 4.83. The molecule has 2 aliphatic carbocycles. The fourth-order valence-electron chi connectivity index (χ4n) is 3.08. The van der Waals surface area contributed by atoms with Crippen molar-refractivity contribution in [3.63, 3.8) is 0 Å². The predicted octanol–water partition coefficient (Wildman–Crippen LogP) is 0.990. The lowest BCUT2D eigenvalue weighted by molar-refractivity contribution is -0.139. The molecule has 2 amide bonds. The minimum absolute atomic E-state index is 0.00407. The highest BCUT2D eigenvalue weighted by molar-refractivity contribution is 6.21. The fourth-order valence-corrected chi connectivity index (χ4v) is 3.32. The van der Waals surface area contributed by atoms with Crippen LogP contribution in [0.15, 0.2) is 12.2 Å². The second kappa shape index (κ2) is 2.60. The Labute approximate surface area is 86.7 Å². The maximum atomic E-state index is 11.8. The van der Waals surface area contributed by atoms with Crippen molar-refractivity contribution < 1.29 is 9.59 Å². The molecule has 74 valence electrons. The Morgan fingerprint density at radius 2 is 1.71 bits per heavy atom. The zero-order chi connectivity index (χ0) is 9.87. The highest BCUT2D eigenvalue weighted by Crippen LogP contribution is 2.52. The van der Waals surface area contributed by atoms with E-state index in [-0.39, 0.29) is 41.5 Å². The van der Waals surface area contributed by atoms with E-state index in [0.717, 1.165) is 6.42 Å². The summed E-state index contributed by atoms with van der Waals surface area (Å²) in [7, 11) is 0. The first kappa shape index (κ1) is 8.48. The van der Waals surface area contributed by atoms with Gasteiger partial charge in [-0.2, -0.15) is 0 Å². The van der Waals surface area contributed by atoms with Crippen molar-refractivity contribution in [1.29, 1.82) is 0 Å². The number of alkyl halides is 1. The third-order valence-electron chi connectivity index (χ3n) is 3.68. The molecule has 14 heavy (non-hydrogen) atoms. The lowest BCUT2D eigenvalue weighted by Crippen LogP contribution is -2.31. The van der Waals surface area contributed by atoms with Crippen LogP contribution in [0.5, 0.6) is 0 Å². The van der Waals surface area contributed by atoms with Gasteiger partial charge in [0.15, 0.2) is 0 Å². The summed E-state index contributed by atoms with van der Waals surface area (Å²) in [5.41, 5.74) is 0. The number of rotatable bonds is 1. The molecule has 0 aromatic rings. The van der Waals surface area contributed by atoms with Gasteiger partial charge in [0.05, 0.1) is 11.8 Å². The molecule has 0 N–H and O–H groups in total. The molecule has 4 atom stereocenters. The standard InChI is InChI=1S/C10H10ClNO2/c11-4-12-9(13)7-5-1-2-6(3-5)8(7)10(12)14/h1-2,5-8H,3-4H2. The SMILES string of the molecule is O=C1C2C3C=CC(C3)C2C(=O)N1CCl. The number of allylic oxidation sites excluding steroid dienone is 2. The largest absolute Gasteiger partial charge is 0.274 e. The third kappa shape index (κ3) is 0.793. The van der Waals surface area contributed by atoms with Crippen molar-refractivity contribution in [2.24, 2.45) is 23.7 Å².